The third kappa shape index (κ3) is 7.25. The maximum absolute atomic E-state index is 11.9. The summed E-state index contributed by atoms with van der Waals surface area (Å²) in [5.41, 5.74) is 8.08. The first-order valence-electron chi connectivity index (χ1n) is 4.94. The average Bonchev–Trinajstić information content (AvgIpc) is 2.14. The van der Waals surface area contributed by atoms with Gasteiger partial charge < -0.3 is 4.52 Å². The van der Waals surface area contributed by atoms with E-state index in [1.54, 1.807) is 0 Å². The van der Waals surface area contributed by atoms with Gasteiger partial charge in [-0.25, -0.2) is 0 Å². The minimum Gasteiger partial charge on any atom is -0.319 e. The lowest BCUT2D eigenvalue weighted by atomic mass is 10.6. The van der Waals surface area contributed by atoms with Crippen molar-refractivity contribution in [2.75, 3.05) is 19.0 Å². The van der Waals surface area contributed by atoms with Gasteiger partial charge in [0, 0.05) is 13.8 Å². The van der Waals surface area contributed by atoms with Crippen molar-refractivity contribution in [2.45, 2.75) is 19.5 Å². The second kappa shape index (κ2) is 6.00. The monoisotopic (exact) mass is 247 g/mol. The van der Waals surface area contributed by atoms with Gasteiger partial charge in [0.25, 0.3) is 0 Å². The number of alkyl halides is 3. The first-order valence-corrected chi connectivity index (χ1v) is 5.75. The molecule has 15 heavy (non-hydrogen) atoms. The van der Waals surface area contributed by atoms with Gasteiger partial charge in [-0.15, -0.1) is 0 Å². The van der Waals surface area contributed by atoms with E-state index in [1.807, 2.05) is 0 Å². The summed E-state index contributed by atoms with van der Waals surface area (Å²) < 4.78 is 66.2. The van der Waals surface area contributed by atoms with Crippen molar-refractivity contribution in [2.24, 2.45) is 5.11 Å². The molecule has 0 heterocycles. The van der Waals surface area contributed by atoms with Gasteiger partial charge in [0.2, 0.25) is 7.37 Å². The predicted molar refractivity (Wildman–Crippen MR) is 48.8 cm³/mol. The van der Waals surface area contributed by atoms with Crippen molar-refractivity contribution in [3.63, 3.8) is 0 Å². The maximum Gasteiger partial charge on any atom is 0.412 e. The van der Waals surface area contributed by atoms with E-state index in [0.717, 1.165) is 0 Å². The Morgan fingerprint density at radius 1 is 1.67 bits per heavy atom. The normalized spacial score (nSPS) is 18.4. The van der Waals surface area contributed by atoms with Crippen molar-refractivity contribution >= 4 is 7.37 Å². The fourth-order valence-electron chi connectivity index (χ4n) is 0.703. The fraction of sp³-hybridized carbons (Fsp3) is 1.00. The molecule has 1 atom stereocenters. The standard InChI is InChI=1S/C6H11F3N3O2P/c1-2-3-15(13,5-11-12-10)14-4-6(7,8)9/h2-5H2,1H3/i5D2. The molecule has 0 aliphatic heterocycles. The molecule has 1 unspecified atom stereocenters. The summed E-state index contributed by atoms with van der Waals surface area (Å²) >= 11 is 0. The number of rotatable bonds is 6. The Hall–Kier alpha value is -0.710. The number of nitrogens with zero attached hydrogens (tertiary/aromatic N) is 3. The SMILES string of the molecule is [2H]C([2H])(N=[N+]=[N-])P(=O)(CCC)OCC(F)(F)F. The zero-order chi connectivity index (χ0) is 13.7. The summed E-state index contributed by atoms with van der Waals surface area (Å²) in [5, 5.41) is 2.61. The van der Waals surface area contributed by atoms with Gasteiger partial charge in [0.1, 0.15) is 12.8 Å². The molecule has 9 heteroatoms. The topological polar surface area (TPSA) is 75.1 Å². The molecule has 0 amide bonds. The van der Waals surface area contributed by atoms with Crippen LogP contribution < -0.4 is 0 Å². The molecule has 0 aromatic heterocycles. The van der Waals surface area contributed by atoms with Crippen molar-refractivity contribution in [3.8, 4) is 0 Å². The Labute approximate surface area is 87.5 Å². The van der Waals surface area contributed by atoms with Crippen LogP contribution >= 0.6 is 7.37 Å². The summed E-state index contributed by atoms with van der Waals surface area (Å²) in [6.45, 7) is -0.347. The molecule has 0 fully saturated rings. The van der Waals surface area contributed by atoms with Crippen LogP contribution in [0, 0.1) is 0 Å². The quantitative estimate of drug-likeness (QED) is 0.311. The maximum atomic E-state index is 11.9. The van der Waals surface area contributed by atoms with Crippen LogP contribution in [-0.4, -0.2) is 25.2 Å². The Kier molecular flexibility index (Phi) is 4.32. The Balaban J connectivity index is 5.04. The molecule has 0 saturated carbocycles. The third-order valence-electron chi connectivity index (χ3n) is 1.20. The number of azide groups is 1. The van der Waals surface area contributed by atoms with Gasteiger partial charge in [-0.3, -0.25) is 4.57 Å². The van der Waals surface area contributed by atoms with Crippen molar-refractivity contribution in [3.05, 3.63) is 10.4 Å². The number of hydrogen-bond donors (Lipinski definition) is 0. The molecule has 0 spiro atoms. The number of halogens is 3. The van der Waals surface area contributed by atoms with E-state index in [0.29, 0.717) is 0 Å². The second-order valence-corrected chi connectivity index (χ2v) is 4.83. The summed E-state index contributed by atoms with van der Waals surface area (Å²) in [7, 11) is -4.34. The molecular formula is C6H11F3N3O2P. The van der Waals surface area contributed by atoms with Crippen molar-refractivity contribution in [1.29, 1.82) is 0 Å². The van der Waals surface area contributed by atoms with Crippen LogP contribution in [-0.2, 0) is 9.09 Å². The fourth-order valence-corrected chi connectivity index (χ4v) is 2.11. The molecule has 0 bridgehead atoms. The summed E-state index contributed by atoms with van der Waals surface area (Å²) in [6, 6.07) is 0. The van der Waals surface area contributed by atoms with Gasteiger partial charge in [-0.2, -0.15) is 13.2 Å². The minimum absolute atomic E-state index is 0.135. The van der Waals surface area contributed by atoms with E-state index in [-0.39, 0.29) is 6.42 Å². The van der Waals surface area contributed by atoms with E-state index in [2.05, 4.69) is 14.5 Å². The Bertz CT molecular complexity index is 357. The highest BCUT2D eigenvalue weighted by molar-refractivity contribution is 7.58. The first-order chi connectivity index (χ1) is 7.58. The third-order valence-corrected chi connectivity index (χ3v) is 3.17. The lowest BCUT2D eigenvalue weighted by molar-refractivity contribution is -0.153. The molecule has 0 aromatic rings. The van der Waals surface area contributed by atoms with Crippen LogP contribution in [0.1, 0.15) is 16.1 Å². The smallest absolute Gasteiger partial charge is 0.319 e. The van der Waals surface area contributed by atoms with Gasteiger partial charge >= 0.3 is 6.18 Å². The van der Waals surface area contributed by atoms with E-state index >= 15 is 0 Å². The van der Waals surface area contributed by atoms with Crippen molar-refractivity contribution in [1.82, 2.24) is 0 Å². The van der Waals surface area contributed by atoms with E-state index in [1.165, 1.54) is 6.92 Å². The zero-order valence-corrected chi connectivity index (χ0v) is 8.75. The van der Waals surface area contributed by atoms with Crippen LogP contribution in [0.3, 0.4) is 0 Å². The molecule has 5 nitrogen and oxygen atoms in total. The zero-order valence-electron chi connectivity index (χ0n) is 9.86. The molecule has 0 saturated heterocycles. The molecule has 0 N–H and O–H groups in total. The van der Waals surface area contributed by atoms with Gasteiger partial charge in [-0.1, -0.05) is 12.0 Å². The lowest BCUT2D eigenvalue weighted by Crippen LogP contribution is -2.17. The first kappa shape index (κ1) is 10.8. The van der Waals surface area contributed by atoms with Crippen LogP contribution in [0.15, 0.2) is 5.11 Å². The van der Waals surface area contributed by atoms with Crippen LogP contribution in [0.2, 0.25) is 0 Å². The second-order valence-electron chi connectivity index (χ2n) is 2.58. The predicted octanol–water partition coefficient (Wildman–Crippen LogP) is 3.52. The average molecular weight is 247 g/mol. The van der Waals surface area contributed by atoms with E-state index in [9.17, 15) is 17.7 Å². The van der Waals surface area contributed by atoms with Gasteiger partial charge in [0.05, 0.1) is 0 Å². The van der Waals surface area contributed by atoms with E-state index < -0.39 is 32.6 Å². The van der Waals surface area contributed by atoms with Crippen molar-refractivity contribution < 1.29 is 25.0 Å². The van der Waals surface area contributed by atoms with Crippen LogP contribution in [0.25, 0.3) is 10.4 Å². The summed E-state index contributed by atoms with van der Waals surface area (Å²) in [6.07, 6.45) is -8.01. The van der Waals surface area contributed by atoms with Gasteiger partial charge in [0.15, 0.2) is 0 Å². The van der Waals surface area contributed by atoms with Crippen LogP contribution in [0.4, 0.5) is 13.2 Å². The minimum atomic E-state index is -4.73. The largest absolute Gasteiger partial charge is 0.412 e. The highest BCUT2D eigenvalue weighted by Gasteiger charge is 2.32. The molecule has 0 aromatic carbocycles. The molecular weight excluding hydrogens is 234 g/mol. The van der Waals surface area contributed by atoms with Crippen LogP contribution in [0.5, 0.6) is 0 Å². The lowest BCUT2D eigenvalue weighted by Gasteiger charge is -2.16. The highest BCUT2D eigenvalue weighted by atomic mass is 31.2. The Morgan fingerprint density at radius 2 is 2.27 bits per heavy atom. The molecule has 88 valence electrons. The number of hydrogen-bond acceptors (Lipinski definition) is 3. The molecule has 0 radical (unpaired) electrons. The Morgan fingerprint density at radius 3 is 2.67 bits per heavy atom. The van der Waals surface area contributed by atoms with E-state index in [4.69, 9.17) is 8.27 Å². The van der Waals surface area contributed by atoms with Gasteiger partial charge in [-0.05, 0) is 12.0 Å². The molecule has 0 aliphatic rings. The highest BCUT2D eigenvalue weighted by Crippen LogP contribution is 2.48. The summed E-state index contributed by atoms with van der Waals surface area (Å²) in [4.78, 5) is 2.12. The summed E-state index contributed by atoms with van der Waals surface area (Å²) in [5.74, 6) is 0. The molecule has 0 rings (SSSR count). The molecule has 0 aliphatic carbocycles.